The van der Waals surface area contributed by atoms with Gasteiger partial charge in [0.2, 0.25) is 0 Å². The summed E-state index contributed by atoms with van der Waals surface area (Å²) in [6, 6.07) is 1.03. The van der Waals surface area contributed by atoms with Crippen molar-refractivity contribution < 1.29 is 13.2 Å². The van der Waals surface area contributed by atoms with Crippen molar-refractivity contribution in [2.45, 2.75) is 19.0 Å². The predicted molar refractivity (Wildman–Crippen MR) is 55.1 cm³/mol. The lowest BCUT2D eigenvalue weighted by atomic mass is 10.2. The number of alkyl halides is 3. The molecule has 16 heavy (non-hydrogen) atoms. The number of nitrogens with zero attached hydrogens (tertiary/aromatic N) is 2. The van der Waals surface area contributed by atoms with Crippen molar-refractivity contribution in [2.75, 3.05) is 23.7 Å². The van der Waals surface area contributed by atoms with E-state index >= 15 is 0 Å². The van der Waals surface area contributed by atoms with Crippen LogP contribution in [0.1, 0.15) is 18.5 Å². The van der Waals surface area contributed by atoms with Crippen molar-refractivity contribution in [1.82, 2.24) is 4.98 Å². The third-order valence-corrected chi connectivity index (χ3v) is 2.65. The molecule has 3 nitrogen and oxygen atoms in total. The predicted octanol–water partition coefficient (Wildman–Crippen LogP) is 2.28. The summed E-state index contributed by atoms with van der Waals surface area (Å²) in [7, 11) is 0. The van der Waals surface area contributed by atoms with Crippen LogP contribution in [0.4, 0.5) is 24.5 Å². The van der Waals surface area contributed by atoms with Gasteiger partial charge in [-0.25, -0.2) is 4.98 Å². The molecule has 0 radical (unpaired) electrons. The van der Waals surface area contributed by atoms with E-state index in [1.54, 1.807) is 0 Å². The molecule has 0 spiro atoms. The first-order valence-corrected chi connectivity index (χ1v) is 5.06. The Bertz CT molecular complexity index is 383. The van der Waals surface area contributed by atoms with E-state index in [0.717, 1.165) is 38.2 Å². The number of pyridine rings is 1. The van der Waals surface area contributed by atoms with Crippen molar-refractivity contribution in [3.05, 3.63) is 18.0 Å². The molecule has 0 amide bonds. The Kier molecular flexibility index (Phi) is 2.65. The Balaban J connectivity index is 2.36. The van der Waals surface area contributed by atoms with Gasteiger partial charge in [-0.05, 0) is 18.9 Å². The van der Waals surface area contributed by atoms with Gasteiger partial charge in [0.1, 0.15) is 5.69 Å². The summed E-state index contributed by atoms with van der Waals surface area (Å²) >= 11 is 0. The lowest BCUT2D eigenvalue weighted by Gasteiger charge is -2.20. The van der Waals surface area contributed by atoms with Crippen molar-refractivity contribution in [3.8, 4) is 0 Å². The van der Waals surface area contributed by atoms with Gasteiger partial charge in [-0.2, -0.15) is 13.2 Å². The van der Waals surface area contributed by atoms with Crippen molar-refractivity contribution >= 4 is 11.4 Å². The number of anilines is 2. The van der Waals surface area contributed by atoms with E-state index in [4.69, 9.17) is 5.73 Å². The van der Waals surface area contributed by atoms with Gasteiger partial charge in [-0.3, -0.25) is 0 Å². The second-order valence-corrected chi connectivity index (χ2v) is 3.82. The number of halogens is 3. The molecule has 1 aliphatic heterocycles. The van der Waals surface area contributed by atoms with E-state index in [2.05, 4.69) is 4.98 Å². The van der Waals surface area contributed by atoms with Crippen LogP contribution >= 0.6 is 0 Å². The molecular formula is C10H12F3N3. The molecule has 0 saturated carbocycles. The first kappa shape index (κ1) is 11.0. The number of aromatic nitrogens is 1. The van der Waals surface area contributed by atoms with E-state index in [1.807, 2.05) is 4.90 Å². The van der Waals surface area contributed by atoms with Crippen molar-refractivity contribution in [1.29, 1.82) is 0 Å². The smallest absolute Gasteiger partial charge is 0.396 e. The molecule has 2 rings (SSSR count). The van der Waals surface area contributed by atoms with Gasteiger partial charge in [0.05, 0.1) is 17.6 Å². The second-order valence-electron chi connectivity index (χ2n) is 3.82. The fourth-order valence-electron chi connectivity index (χ4n) is 1.84. The number of nitrogens with two attached hydrogens (primary N) is 1. The highest BCUT2D eigenvalue weighted by molar-refractivity contribution is 5.67. The van der Waals surface area contributed by atoms with E-state index in [0.29, 0.717) is 11.4 Å². The average Bonchev–Trinajstić information content (AvgIpc) is 2.69. The van der Waals surface area contributed by atoms with Crippen LogP contribution < -0.4 is 10.6 Å². The molecule has 0 aliphatic carbocycles. The number of nitrogen functional groups attached to an aromatic ring is 1. The molecule has 0 aromatic carbocycles. The summed E-state index contributed by atoms with van der Waals surface area (Å²) in [6.07, 6.45) is -1.36. The minimum absolute atomic E-state index is 0.301. The highest BCUT2D eigenvalue weighted by Gasteiger charge is 2.33. The van der Waals surface area contributed by atoms with E-state index in [-0.39, 0.29) is 0 Å². The molecule has 0 atom stereocenters. The summed E-state index contributed by atoms with van der Waals surface area (Å²) in [5.74, 6) is 0. The molecule has 88 valence electrons. The molecular weight excluding hydrogens is 219 g/mol. The zero-order chi connectivity index (χ0) is 11.8. The van der Waals surface area contributed by atoms with Crippen molar-refractivity contribution in [3.63, 3.8) is 0 Å². The van der Waals surface area contributed by atoms with Crippen LogP contribution in [0.25, 0.3) is 0 Å². The van der Waals surface area contributed by atoms with E-state index in [1.165, 1.54) is 0 Å². The first-order chi connectivity index (χ1) is 7.48. The topological polar surface area (TPSA) is 42.1 Å². The van der Waals surface area contributed by atoms with E-state index in [9.17, 15) is 13.2 Å². The lowest BCUT2D eigenvalue weighted by molar-refractivity contribution is -0.141. The lowest BCUT2D eigenvalue weighted by Crippen LogP contribution is -2.20. The fraction of sp³-hybridized carbons (Fsp3) is 0.500. The van der Waals surface area contributed by atoms with Gasteiger partial charge in [-0.1, -0.05) is 0 Å². The first-order valence-electron chi connectivity index (χ1n) is 5.06. The summed E-state index contributed by atoms with van der Waals surface area (Å²) < 4.78 is 37.4. The molecule has 0 unspecified atom stereocenters. The summed E-state index contributed by atoms with van der Waals surface area (Å²) in [5.41, 5.74) is 5.50. The van der Waals surface area contributed by atoms with Crippen molar-refractivity contribution in [2.24, 2.45) is 0 Å². The number of rotatable bonds is 1. The number of hydrogen-bond acceptors (Lipinski definition) is 3. The Labute approximate surface area is 91.1 Å². The van der Waals surface area contributed by atoms with Crippen LogP contribution in [0.2, 0.25) is 0 Å². The maximum Gasteiger partial charge on any atom is 0.433 e. The Morgan fingerprint density at radius 1 is 1.25 bits per heavy atom. The Hall–Kier alpha value is -1.46. The minimum atomic E-state index is -4.41. The molecule has 2 N–H and O–H groups in total. The number of hydrogen-bond donors (Lipinski definition) is 1. The van der Waals surface area contributed by atoms with Crippen LogP contribution in [0.3, 0.4) is 0 Å². The standard InChI is InChI=1S/C10H12F3N3/c11-10(12,13)9-5-8(7(14)6-15-9)16-3-1-2-4-16/h5-6H,1-4,14H2. The molecule has 1 aliphatic rings. The largest absolute Gasteiger partial charge is 0.433 e. The third kappa shape index (κ3) is 2.05. The van der Waals surface area contributed by atoms with Gasteiger partial charge in [0, 0.05) is 13.1 Å². The zero-order valence-electron chi connectivity index (χ0n) is 8.59. The Morgan fingerprint density at radius 2 is 1.88 bits per heavy atom. The molecule has 1 aromatic rings. The second kappa shape index (κ2) is 3.84. The summed E-state index contributed by atoms with van der Waals surface area (Å²) in [6.45, 7) is 1.51. The highest BCUT2D eigenvalue weighted by Crippen LogP contribution is 2.33. The Morgan fingerprint density at radius 3 is 2.44 bits per heavy atom. The van der Waals surface area contributed by atoms with Gasteiger partial charge in [0.15, 0.2) is 0 Å². The van der Waals surface area contributed by atoms with Gasteiger partial charge < -0.3 is 10.6 Å². The molecule has 1 aromatic heterocycles. The average molecular weight is 231 g/mol. The maximum atomic E-state index is 12.5. The summed E-state index contributed by atoms with van der Waals surface area (Å²) in [4.78, 5) is 5.17. The third-order valence-electron chi connectivity index (χ3n) is 2.65. The van der Waals surface area contributed by atoms with Crippen LogP contribution in [0, 0.1) is 0 Å². The van der Waals surface area contributed by atoms with Crippen LogP contribution in [-0.4, -0.2) is 18.1 Å². The van der Waals surface area contributed by atoms with Gasteiger partial charge in [0.25, 0.3) is 0 Å². The zero-order valence-corrected chi connectivity index (χ0v) is 8.59. The fourth-order valence-corrected chi connectivity index (χ4v) is 1.84. The molecule has 6 heteroatoms. The monoisotopic (exact) mass is 231 g/mol. The quantitative estimate of drug-likeness (QED) is 0.806. The van der Waals surface area contributed by atoms with Gasteiger partial charge >= 0.3 is 6.18 Å². The molecule has 1 fully saturated rings. The van der Waals surface area contributed by atoms with Crippen LogP contribution in [0.5, 0.6) is 0 Å². The maximum absolute atomic E-state index is 12.5. The molecule has 1 saturated heterocycles. The minimum Gasteiger partial charge on any atom is -0.396 e. The van der Waals surface area contributed by atoms with Crippen LogP contribution in [-0.2, 0) is 6.18 Å². The molecule has 0 bridgehead atoms. The summed E-state index contributed by atoms with van der Waals surface area (Å²) in [5, 5.41) is 0. The molecule has 2 heterocycles. The normalized spacial score (nSPS) is 16.8. The van der Waals surface area contributed by atoms with E-state index < -0.39 is 11.9 Å². The SMILES string of the molecule is Nc1cnc(C(F)(F)F)cc1N1CCCC1. The highest BCUT2D eigenvalue weighted by atomic mass is 19.4. The van der Waals surface area contributed by atoms with Crippen LogP contribution in [0.15, 0.2) is 12.3 Å². The van der Waals surface area contributed by atoms with Gasteiger partial charge in [-0.15, -0.1) is 0 Å².